The van der Waals surface area contributed by atoms with E-state index < -0.39 is 12.0 Å². The SMILES string of the molecule is CCOC(=O)C1=C(C)N=c2s/c(=C\c3ccc(C)o3)c(=O)n2[C@@H]1c1ccc(Cl)cc1. The Hall–Kier alpha value is -2.90. The summed E-state index contributed by atoms with van der Waals surface area (Å²) in [7, 11) is 0. The van der Waals surface area contributed by atoms with Gasteiger partial charge >= 0.3 is 5.97 Å². The lowest BCUT2D eigenvalue weighted by Crippen LogP contribution is -2.39. The molecule has 8 heteroatoms. The largest absolute Gasteiger partial charge is 0.463 e. The van der Waals surface area contributed by atoms with E-state index in [0.717, 1.165) is 11.3 Å². The monoisotopic (exact) mass is 442 g/mol. The first-order valence-corrected chi connectivity index (χ1v) is 10.6. The van der Waals surface area contributed by atoms with Crippen LogP contribution < -0.4 is 14.9 Å². The molecule has 0 saturated carbocycles. The van der Waals surface area contributed by atoms with Crippen molar-refractivity contribution >= 4 is 35.0 Å². The summed E-state index contributed by atoms with van der Waals surface area (Å²) in [5.74, 6) is 0.852. The lowest BCUT2D eigenvalue weighted by Gasteiger charge is -2.24. The number of hydrogen-bond acceptors (Lipinski definition) is 6. The minimum absolute atomic E-state index is 0.227. The predicted octanol–water partition coefficient (Wildman–Crippen LogP) is 3.35. The van der Waals surface area contributed by atoms with Gasteiger partial charge in [-0.25, -0.2) is 9.79 Å². The maximum Gasteiger partial charge on any atom is 0.338 e. The lowest BCUT2D eigenvalue weighted by molar-refractivity contribution is -0.139. The number of furan rings is 1. The van der Waals surface area contributed by atoms with E-state index >= 15 is 0 Å². The average Bonchev–Trinajstić information content (AvgIpc) is 3.24. The number of carbonyl (C=O) groups is 1. The zero-order valence-electron chi connectivity index (χ0n) is 16.6. The van der Waals surface area contributed by atoms with Crippen LogP contribution in [0.25, 0.3) is 6.08 Å². The van der Waals surface area contributed by atoms with E-state index in [2.05, 4.69) is 4.99 Å². The number of aromatic nitrogens is 1. The fourth-order valence-electron chi connectivity index (χ4n) is 3.41. The van der Waals surface area contributed by atoms with Crippen molar-refractivity contribution in [2.75, 3.05) is 6.61 Å². The fraction of sp³-hybridized carbons (Fsp3) is 0.227. The summed E-state index contributed by atoms with van der Waals surface area (Å²) in [6.45, 7) is 5.56. The quantitative estimate of drug-likeness (QED) is 0.581. The number of benzene rings is 1. The Morgan fingerprint density at radius 3 is 2.63 bits per heavy atom. The molecular weight excluding hydrogens is 424 g/mol. The van der Waals surface area contributed by atoms with Gasteiger partial charge < -0.3 is 9.15 Å². The van der Waals surface area contributed by atoms with Crippen molar-refractivity contribution in [3.63, 3.8) is 0 Å². The number of rotatable bonds is 4. The maximum absolute atomic E-state index is 13.3. The number of allylic oxidation sites excluding steroid dienone is 1. The van der Waals surface area contributed by atoms with Gasteiger partial charge in [0.1, 0.15) is 11.5 Å². The van der Waals surface area contributed by atoms with Crippen molar-refractivity contribution in [1.82, 2.24) is 4.57 Å². The van der Waals surface area contributed by atoms with Crippen LogP contribution in [0.5, 0.6) is 0 Å². The second-order valence-corrected chi connectivity index (χ2v) is 8.25. The minimum atomic E-state index is -0.655. The Morgan fingerprint density at radius 2 is 2.00 bits per heavy atom. The number of aryl methyl sites for hydroxylation is 1. The van der Waals surface area contributed by atoms with Crippen LogP contribution in [0.2, 0.25) is 5.02 Å². The van der Waals surface area contributed by atoms with Crippen molar-refractivity contribution in [2.24, 2.45) is 4.99 Å². The van der Waals surface area contributed by atoms with Gasteiger partial charge in [0.15, 0.2) is 4.80 Å². The second-order valence-electron chi connectivity index (χ2n) is 6.80. The molecule has 4 rings (SSSR count). The smallest absolute Gasteiger partial charge is 0.338 e. The van der Waals surface area contributed by atoms with E-state index in [4.69, 9.17) is 20.8 Å². The number of hydrogen-bond donors (Lipinski definition) is 0. The van der Waals surface area contributed by atoms with Crippen LogP contribution in [0.3, 0.4) is 0 Å². The number of fused-ring (bicyclic) bond motifs is 1. The van der Waals surface area contributed by atoms with Gasteiger partial charge in [0.05, 0.1) is 28.5 Å². The molecule has 30 heavy (non-hydrogen) atoms. The Morgan fingerprint density at radius 1 is 1.27 bits per heavy atom. The van der Waals surface area contributed by atoms with E-state index in [1.165, 1.54) is 15.9 Å². The van der Waals surface area contributed by atoms with E-state index in [1.54, 1.807) is 50.3 Å². The summed E-state index contributed by atoms with van der Waals surface area (Å²) >= 11 is 7.31. The molecule has 0 spiro atoms. The van der Waals surface area contributed by atoms with E-state index in [9.17, 15) is 9.59 Å². The molecule has 0 saturated heterocycles. The third-order valence-electron chi connectivity index (χ3n) is 4.74. The minimum Gasteiger partial charge on any atom is -0.463 e. The number of nitrogens with zero attached hydrogens (tertiary/aromatic N) is 2. The van der Waals surface area contributed by atoms with Crippen LogP contribution in [-0.2, 0) is 9.53 Å². The Bertz CT molecular complexity index is 1330. The number of carbonyl (C=O) groups excluding carboxylic acids is 1. The summed E-state index contributed by atoms with van der Waals surface area (Å²) in [5, 5.41) is 0.567. The molecule has 1 atom stereocenters. The van der Waals surface area contributed by atoms with Gasteiger partial charge in [-0.3, -0.25) is 9.36 Å². The highest BCUT2D eigenvalue weighted by Crippen LogP contribution is 2.31. The summed E-state index contributed by atoms with van der Waals surface area (Å²) in [4.78, 5) is 31.2. The summed E-state index contributed by atoms with van der Waals surface area (Å²) in [6.07, 6.45) is 1.69. The summed E-state index contributed by atoms with van der Waals surface area (Å²) in [6, 6.07) is 10.1. The number of esters is 1. The van der Waals surface area contributed by atoms with Crippen LogP contribution in [0, 0.1) is 6.92 Å². The van der Waals surface area contributed by atoms with Crippen LogP contribution in [-0.4, -0.2) is 17.1 Å². The standard InChI is InChI=1S/C22H19ClN2O4S/c1-4-28-21(27)18-13(3)24-22-25(19(18)14-6-8-15(23)9-7-14)20(26)17(30-22)11-16-10-5-12(2)29-16/h5-11,19H,4H2,1-3H3/b17-11-/t19-/m1/s1. The molecule has 0 radical (unpaired) electrons. The topological polar surface area (TPSA) is 73.8 Å². The molecule has 6 nitrogen and oxygen atoms in total. The Balaban J connectivity index is 1.96. The molecule has 1 aliphatic heterocycles. The Kier molecular flexibility index (Phi) is 5.49. The van der Waals surface area contributed by atoms with Gasteiger partial charge in [0.25, 0.3) is 5.56 Å². The third kappa shape index (κ3) is 3.66. The zero-order chi connectivity index (χ0) is 21.4. The predicted molar refractivity (Wildman–Crippen MR) is 115 cm³/mol. The highest BCUT2D eigenvalue weighted by molar-refractivity contribution is 7.07. The highest BCUT2D eigenvalue weighted by atomic mass is 35.5. The molecule has 3 heterocycles. The van der Waals surface area contributed by atoms with E-state index in [-0.39, 0.29) is 12.2 Å². The zero-order valence-corrected chi connectivity index (χ0v) is 18.2. The molecule has 0 bridgehead atoms. The molecule has 2 aromatic heterocycles. The second kappa shape index (κ2) is 8.08. The first kappa shape index (κ1) is 20.4. The van der Waals surface area contributed by atoms with E-state index in [1.807, 2.05) is 13.0 Å². The van der Waals surface area contributed by atoms with Gasteiger partial charge in [-0.2, -0.15) is 0 Å². The first-order valence-electron chi connectivity index (χ1n) is 9.40. The van der Waals surface area contributed by atoms with Crippen molar-refractivity contribution in [2.45, 2.75) is 26.8 Å². The molecule has 0 unspecified atom stereocenters. The van der Waals surface area contributed by atoms with Crippen LogP contribution in [0.1, 0.15) is 37.0 Å². The molecule has 0 N–H and O–H groups in total. The van der Waals surface area contributed by atoms with Gasteiger partial charge in [0.2, 0.25) is 0 Å². The molecule has 0 aliphatic carbocycles. The maximum atomic E-state index is 13.3. The van der Waals surface area contributed by atoms with Crippen molar-refractivity contribution in [1.29, 1.82) is 0 Å². The first-order chi connectivity index (χ1) is 14.4. The normalized spacial score (nSPS) is 16.4. The summed E-state index contributed by atoms with van der Waals surface area (Å²) < 4.78 is 12.9. The van der Waals surface area contributed by atoms with Gasteiger partial charge in [-0.05, 0) is 50.6 Å². The molecule has 154 valence electrons. The third-order valence-corrected chi connectivity index (χ3v) is 5.97. The molecule has 0 amide bonds. The number of thiazole rings is 1. The molecular formula is C22H19ClN2O4S. The average molecular weight is 443 g/mol. The molecule has 1 aromatic carbocycles. The Labute approximate surface area is 181 Å². The highest BCUT2D eigenvalue weighted by Gasteiger charge is 2.33. The van der Waals surface area contributed by atoms with Gasteiger partial charge in [-0.1, -0.05) is 35.1 Å². The fourth-order valence-corrected chi connectivity index (χ4v) is 4.56. The van der Waals surface area contributed by atoms with E-state index in [0.29, 0.717) is 31.4 Å². The van der Waals surface area contributed by atoms with Crippen LogP contribution in [0.15, 0.2) is 61.9 Å². The van der Waals surface area contributed by atoms with Crippen LogP contribution in [0.4, 0.5) is 0 Å². The summed E-state index contributed by atoms with van der Waals surface area (Å²) in [5.41, 5.74) is 1.36. The van der Waals surface area contributed by atoms with Crippen LogP contribution >= 0.6 is 22.9 Å². The van der Waals surface area contributed by atoms with Crippen molar-refractivity contribution in [3.8, 4) is 0 Å². The lowest BCUT2D eigenvalue weighted by atomic mass is 9.96. The molecule has 3 aromatic rings. The van der Waals surface area contributed by atoms with Gasteiger partial charge in [0, 0.05) is 11.1 Å². The number of ether oxygens (including phenoxy) is 1. The van der Waals surface area contributed by atoms with Crippen molar-refractivity contribution < 1.29 is 13.9 Å². The van der Waals surface area contributed by atoms with Crippen molar-refractivity contribution in [3.05, 3.63) is 89.5 Å². The number of halogens is 1. The molecule has 0 fully saturated rings. The molecule has 1 aliphatic rings. The van der Waals surface area contributed by atoms with Gasteiger partial charge in [-0.15, -0.1) is 0 Å².